The molecule has 5 nitrogen and oxygen atoms in total. The highest BCUT2D eigenvalue weighted by molar-refractivity contribution is 5.97. The Bertz CT molecular complexity index is 1400. The zero-order valence-corrected chi connectivity index (χ0v) is 20.2. The number of fused-ring (bicyclic) bond motifs is 2. The fourth-order valence-corrected chi connectivity index (χ4v) is 5.56. The van der Waals surface area contributed by atoms with Crippen LogP contribution in [0.3, 0.4) is 0 Å². The summed E-state index contributed by atoms with van der Waals surface area (Å²) in [5.74, 6) is -0.0385. The second kappa shape index (κ2) is 9.67. The van der Waals surface area contributed by atoms with E-state index in [4.69, 9.17) is 4.98 Å². The van der Waals surface area contributed by atoms with Crippen molar-refractivity contribution in [2.45, 2.75) is 25.4 Å². The number of ketones is 1. The van der Waals surface area contributed by atoms with Crippen molar-refractivity contribution in [3.8, 4) is 11.1 Å². The molecule has 5 heteroatoms. The van der Waals surface area contributed by atoms with Crippen molar-refractivity contribution in [2.75, 3.05) is 19.6 Å². The molecule has 0 aliphatic carbocycles. The van der Waals surface area contributed by atoms with Crippen molar-refractivity contribution >= 4 is 22.6 Å². The van der Waals surface area contributed by atoms with Gasteiger partial charge in [0.25, 0.3) is 0 Å². The minimum Gasteiger partial charge on any atom is -0.330 e. The zero-order valence-electron chi connectivity index (χ0n) is 20.2. The number of carbonyl (C=O) groups is 2. The van der Waals surface area contributed by atoms with E-state index in [1.807, 2.05) is 47.4 Å². The third-order valence-electron chi connectivity index (χ3n) is 7.52. The van der Waals surface area contributed by atoms with E-state index in [1.54, 1.807) is 0 Å². The molecule has 0 spiro atoms. The van der Waals surface area contributed by atoms with Gasteiger partial charge in [-0.15, -0.1) is 0 Å². The maximum absolute atomic E-state index is 13.5. The third kappa shape index (κ3) is 4.54. The first-order valence-corrected chi connectivity index (χ1v) is 12.7. The first kappa shape index (κ1) is 22.6. The normalized spacial score (nSPS) is 20.5. The predicted octanol–water partition coefficient (Wildman–Crippen LogP) is 4.75. The van der Waals surface area contributed by atoms with Gasteiger partial charge in [-0.05, 0) is 35.2 Å². The van der Waals surface area contributed by atoms with E-state index in [9.17, 15) is 9.59 Å². The summed E-state index contributed by atoms with van der Waals surface area (Å²) in [6, 6.07) is 30.6. The molecule has 4 aromatic rings. The Kier molecular flexibility index (Phi) is 6.08. The summed E-state index contributed by atoms with van der Waals surface area (Å²) in [5, 5.41) is 1.08. The fraction of sp³-hybridized carbons (Fsp3) is 0.258. The number of piperidine rings is 1. The summed E-state index contributed by atoms with van der Waals surface area (Å²) in [6.07, 6.45) is 0.797. The van der Waals surface area contributed by atoms with Gasteiger partial charge in [0.2, 0.25) is 5.91 Å². The number of aromatic nitrogens is 1. The van der Waals surface area contributed by atoms with Crippen molar-refractivity contribution in [2.24, 2.45) is 5.92 Å². The van der Waals surface area contributed by atoms with E-state index < -0.39 is 0 Å². The number of pyridine rings is 1. The van der Waals surface area contributed by atoms with Crippen LogP contribution in [0.5, 0.6) is 0 Å². The Balaban J connectivity index is 1.14. The second-order valence-electron chi connectivity index (χ2n) is 9.90. The van der Waals surface area contributed by atoms with E-state index in [1.165, 1.54) is 16.7 Å². The average Bonchev–Trinajstić information content (AvgIpc) is 2.92. The summed E-state index contributed by atoms with van der Waals surface area (Å²) in [7, 11) is 0. The van der Waals surface area contributed by atoms with Gasteiger partial charge in [-0.3, -0.25) is 19.5 Å². The molecule has 2 saturated heterocycles. The van der Waals surface area contributed by atoms with Gasteiger partial charge < -0.3 is 4.90 Å². The third-order valence-corrected chi connectivity index (χ3v) is 7.52. The minimum atomic E-state index is -0.367. The van der Waals surface area contributed by atoms with Gasteiger partial charge >= 0.3 is 0 Å². The van der Waals surface area contributed by atoms with Gasteiger partial charge in [-0.25, -0.2) is 0 Å². The van der Waals surface area contributed by atoms with Crippen LogP contribution in [-0.2, 0) is 22.6 Å². The van der Waals surface area contributed by atoms with Crippen molar-refractivity contribution in [1.29, 1.82) is 0 Å². The largest absolute Gasteiger partial charge is 0.330 e. The first-order valence-electron chi connectivity index (χ1n) is 12.7. The number of hydrogen-bond donors (Lipinski definition) is 0. The van der Waals surface area contributed by atoms with Crippen LogP contribution in [0.1, 0.15) is 17.7 Å². The number of para-hydroxylation sites is 1. The second-order valence-corrected chi connectivity index (χ2v) is 9.90. The number of amides is 1. The van der Waals surface area contributed by atoms with Gasteiger partial charge in [-0.1, -0.05) is 78.9 Å². The highest BCUT2D eigenvalue weighted by Crippen LogP contribution is 2.28. The van der Waals surface area contributed by atoms with Crippen LogP contribution in [0, 0.1) is 5.92 Å². The molecule has 2 aliphatic heterocycles. The monoisotopic (exact) mass is 475 g/mol. The lowest BCUT2D eigenvalue weighted by Gasteiger charge is -2.45. The quantitative estimate of drug-likeness (QED) is 0.418. The van der Waals surface area contributed by atoms with Crippen LogP contribution in [0.4, 0.5) is 0 Å². The molecule has 36 heavy (non-hydrogen) atoms. The molecule has 2 unspecified atom stereocenters. The number of carbonyl (C=O) groups excluding carboxylic acids is 2. The van der Waals surface area contributed by atoms with Crippen LogP contribution in [0.15, 0.2) is 91.0 Å². The maximum atomic E-state index is 13.5. The Morgan fingerprint density at radius 2 is 1.53 bits per heavy atom. The molecule has 180 valence electrons. The summed E-state index contributed by atoms with van der Waals surface area (Å²) in [5.41, 5.74) is 5.42. The molecular formula is C31H29N3O2. The van der Waals surface area contributed by atoms with Crippen molar-refractivity contribution < 1.29 is 9.59 Å². The summed E-state index contributed by atoms with van der Waals surface area (Å²) in [4.78, 5) is 35.3. The average molecular weight is 476 g/mol. The summed E-state index contributed by atoms with van der Waals surface area (Å²) < 4.78 is 0. The molecule has 2 fully saturated rings. The highest BCUT2D eigenvalue weighted by atomic mass is 16.2. The van der Waals surface area contributed by atoms with Crippen molar-refractivity contribution in [3.05, 3.63) is 102 Å². The molecule has 2 atom stereocenters. The number of benzene rings is 3. The molecule has 2 aliphatic rings. The van der Waals surface area contributed by atoms with Gasteiger partial charge in [0, 0.05) is 49.6 Å². The standard InChI is InChI=1S/C31H29N3O2/c35-30-19-26(18-27-15-14-25-8-4-5-9-28(25)32-27)31(36)29-21-33(16-17-34(29)30)20-22-10-12-24(13-11-22)23-6-2-1-3-7-23/h1-15,26,29H,16-21H2. The fourth-order valence-electron chi connectivity index (χ4n) is 5.56. The Labute approximate surface area is 211 Å². The van der Waals surface area contributed by atoms with E-state index in [0.29, 0.717) is 19.5 Å². The lowest BCUT2D eigenvalue weighted by Crippen LogP contribution is -2.62. The molecule has 0 saturated carbocycles. The Morgan fingerprint density at radius 3 is 2.36 bits per heavy atom. The van der Waals surface area contributed by atoms with E-state index in [2.05, 4.69) is 53.4 Å². The number of Topliss-reactive ketones (excluding diaryl/α,β-unsaturated/α-hetero) is 1. The van der Waals surface area contributed by atoms with Crippen LogP contribution < -0.4 is 0 Å². The minimum absolute atomic E-state index is 0.0947. The molecule has 3 aromatic carbocycles. The van der Waals surface area contributed by atoms with Gasteiger partial charge in [0.15, 0.2) is 5.78 Å². The van der Waals surface area contributed by atoms with Gasteiger partial charge in [0.1, 0.15) is 6.04 Å². The maximum Gasteiger partial charge on any atom is 0.224 e. The van der Waals surface area contributed by atoms with Crippen LogP contribution in [-0.4, -0.2) is 52.2 Å². The van der Waals surface area contributed by atoms with Gasteiger partial charge in [-0.2, -0.15) is 0 Å². The molecule has 1 aromatic heterocycles. The van der Waals surface area contributed by atoms with E-state index >= 15 is 0 Å². The molecule has 1 amide bonds. The van der Waals surface area contributed by atoms with Crippen LogP contribution in [0.2, 0.25) is 0 Å². The van der Waals surface area contributed by atoms with Crippen LogP contribution in [0.25, 0.3) is 22.0 Å². The van der Waals surface area contributed by atoms with Crippen molar-refractivity contribution in [3.63, 3.8) is 0 Å². The summed E-state index contributed by atoms with van der Waals surface area (Å²) >= 11 is 0. The first-order chi connectivity index (χ1) is 17.6. The number of hydrogen-bond acceptors (Lipinski definition) is 4. The number of piperazine rings is 1. The molecule has 0 bridgehead atoms. The molecule has 3 heterocycles. The number of rotatable bonds is 5. The predicted molar refractivity (Wildman–Crippen MR) is 141 cm³/mol. The Hall–Kier alpha value is -3.83. The lowest BCUT2D eigenvalue weighted by molar-refractivity contribution is -0.152. The Morgan fingerprint density at radius 1 is 0.778 bits per heavy atom. The zero-order chi connectivity index (χ0) is 24.5. The summed E-state index contributed by atoms with van der Waals surface area (Å²) in [6.45, 7) is 2.76. The number of nitrogens with zero attached hydrogens (tertiary/aromatic N) is 3. The molecule has 0 radical (unpaired) electrons. The van der Waals surface area contributed by atoms with Crippen molar-refractivity contribution in [1.82, 2.24) is 14.8 Å². The van der Waals surface area contributed by atoms with E-state index in [-0.39, 0.29) is 30.1 Å². The lowest BCUT2D eigenvalue weighted by atomic mass is 9.84. The van der Waals surface area contributed by atoms with Crippen LogP contribution >= 0.6 is 0 Å². The molecular weight excluding hydrogens is 446 g/mol. The highest BCUT2D eigenvalue weighted by Gasteiger charge is 2.43. The molecule has 6 rings (SSSR count). The van der Waals surface area contributed by atoms with Gasteiger partial charge in [0.05, 0.1) is 5.52 Å². The SMILES string of the molecule is O=C1C(Cc2ccc3ccccc3n2)CC(=O)N2CCN(Cc3ccc(-c4ccccc4)cc3)CC12. The topological polar surface area (TPSA) is 53.5 Å². The smallest absolute Gasteiger partial charge is 0.224 e. The molecule has 0 N–H and O–H groups in total. The van der Waals surface area contributed by atoms with E-state index in [0.717, 1.165) is 29.7 Å².